The zero-order chi connectivity index (χ0) is 20.5. The Balaban J connectivity index is 1.62. The second-order valence-corrected chi connectivity index (χ2v) is 8.80. The smallest absolute Gasteiger partial charge is 0.170 e. The fraction of sp³-hybridized carbons (Fsp3) is 0.360. The van der Waals surface area contributed by atoms with Gasteiger partial charge in [-0.25, -0.2) is 0 Å². The summed E-state index contributed by atoms with van der Waals surface area (Å²) < 4.78 is 2.33. The normalized spacial score (nSPS) is 22.3. The average molecular weight is 417 g/mol. The van der Waals surface area contributed by atoms with Gasteiger partial charge in [-0.05, 0) is 67.9 Å². The fourth-order valence-electron chi connectivity index (χ4n) is 5.12. The van der Waals surface area contributed by atoms with Gasteiger partial charge in [0.2, 0.25) is 0 Å². The molecular weight excluding hydrogens is 388 g/mol. The maximum absolute atomic E-state index is 5.91. The number of nitrogens with zero attached hydrogens (tertiary/aromatic N) is 3. The Morgan fingerprint density at radius 2 is 1.77 bits per heavy atom. The Morgan fingerprint density at radius 3 is 2.53 bits per heavy atom. The van der Waals surface area contributed by atoms with E-state index in [0.717, 1.165) is 10.8 Å². The van der Waals surface area contributed by atoms with Crippen molar-refractivity contribution in [1.82, 2.24) is 19.8 Å². The highest BCUT2D eigenvalue weighted by molar-refractivity contribution is 7.80. The van der Waals surface area contributed by atoms with E-state index in [9.17, 15) is 0 Å². The summed E-state index contributed by atoms with van der Waals surface area (Å²) in [6, 6.07) is 19.8. The minimum absolute atomic E-state index is 0.0401. The summed E-state index contributed by atoms with van der Waals surface area (Å²) in [6.07, 6.45) is 10.4. The van der Waals surface area contributed by atoms with Crippen molar-refractivity contribution in [2.45, 2.75) is 57.2 Å². The van der Waals surface area contributed by atoms with Crippen LogP contribution in [0.4, 0.5) is 0 Å². The minimum atomic E-state index is 0.0401. The van der Waals surface area contributed by atoms with Gasteiger partial charge < -0.3 is 14.8 Å². The van der Waals surface area contributed by atoms with Crippen LogP contribution < -0.4 is 5.32 Å². The summed E-state index contributed by atoms with van der Waals surface area (Å²) in [5.74, 6) is 0. The molecule has 30 heavy (non-hydrogen) atoms. The number of rotatable bonds is 4. The minimum Gasteiger partial charge on any atom is -0.352 e. The van der Waals surface area contributed by atoms with Crippen molar-refractivity contribution in [1.29, 1.82) is 0 Å². The number of hydrogen-bond donors (Lipinski definition) is 1. The van der Waals surface area contributed by atoms with Crippen LogP contribution >= 0.6 is 12.2 Å². The van der Waals surface area contributed by atoms with E-state index in [4.69, 9.17) is 17.2 Å². The van der Waals surface area contributed by atoms with E-state index in [1.807, 2.05) is 12.3 Å². The Labute approximate surface area is 183 Å². The summed E-state index contributed by atoms with van der Waals surface area (Å²) in [5.41, 5.74) is 4.79. The van der Waals surface area contributed by atoms with E-state index in [0.29, 0.717) is 6.04 Å². The highest BCUT2D eigenvalue weighted by Crippen LogP contribution is 2.43. The molecule has 2 aliphatic rings. The van der Waals surface area contributed by atoms with Gasteiger partial charge in [0.05, 0.1) is 17.8 Å². The van der Waals surface area contributed by atoms with Crippen LogP contribution in [0.1, 0.15) is 61.1 Å². The molecule has 1 aromatic carbocycles. The fourth-order valence-corrected chi connectivity index (χ4v) is 5.51. The third-order valence-corrected chi connectivity index (χ3v) is 6.89. The highest BCUT2D eigenvalue weighted by Gasteiger charge is 2.44. The molecule has 5 rings (SSSR count). The second-order valence-electron chi connectivity index (χ2n) is 8.42. The molecule has 0 radical (unpaired) electrons. The molecule has 5 heteroatoms. The van der Waals surface area contributed by atoms with E-state index >= 15 is 0 Å². The van der Waals surface area contributed by atoms with Crippen molar-refractivity contribution < 1.29 is 0 Å². The van der Waals surface area contributed by atoms with Gasteiger partial charge in [0.1, 0.15) is 0 Å². The molecule has 1 N–H and O–H groups in total. The zero-order valence-electron chi connectivity index (χ0n) is 17.4. The summed E-state index contributed by atoms with van der Waals surface area (Å²) in [6.45, 7) is 2.17. The van der Waals surface area contributed by atoms with E-state index < -0.39 is 0 Å². The van der Waals surface area contributed by atoms with Crippen molar-refractivity contribution in [3.63, 3.8) is 0 Å². The van der Waals surface area contributed by atoms with Crippen molar-refractivity contribution in [2.75, 3.05) is 0 Å². The quantitative estimate of drug-likeness (QED) is 0.571. The van der Waals surface area contributed by atoms with Gasteiger partial charge in [-0.15, -0.1) is 0 Å². The molecule has 0 spiro atoms. The summed E-state index contributed by atoms with van der Waals surface area (Å²) in [4.78, 5) is 7.18. The maximum Gasteiger partial charge on any atom is 0.170 e. The molecule has 3 aromatic rings. The molecule has 1 saturated carbocycles. The number of pyridine rings is 1. The Kier molecular flexibility index (Phi) is 5.30. The van der Waals surface area contributed by atoms with Gasteiger partial charge in [0, 0.05) is 29.8 Å². The third-order valence-electron chi connectivity index (χ3n) is 6.56. The van der Waals surface area contributed by atoms with Crippen LogP contribution in [0.15, 0.2) is 67.0 Å². The summed E-state index contributed by atoms with van der Waals surface area (Å²) >= 11 is 5.91. The molecule has 4 nitrogen and oxygen atoms in total. The molecule has 1 aliphatic heterocycles. The lowest BCUT2D eigenvalue weighted by molar-refractivity contribution is 0.193. The van der Waals surface area contributed by atoms with Crippen LogP contribution in [0.5, 0.6) is 0 Å². The summed E-state index contributed by atoms with van der Waals surface area (Å²) in [7, 11) is 0. The van der Waals surface area contributed by atoms with E-state index in [-0.39, 0.29) is 12.1 Å². The first-order valence-corrected chi connectivity index (χ1v) is 11.4. The molecule has 1 saturated heterocycles. The molecular formula is C25H28N4S. The van der Waals surface area contributed by atoms with E-state index in [1.165, 1.54) is 49.0 Å². The number of thiocarbonyl (C=S) groups is 1. The van der Waals surface area contributed by atoms with Gasteiger partial charge in [-0.3, -0.25) is 4.98 Å². The van der Waals surface area contributed by atoms with Crippen LogP contribution in [0, 0.1) is 6.92 Å². The first kappa shape index (κ1) is 19.3. The number of benzene rings is 1. The predicted octanol–water partition coefficient (Wildman–Crippen LogP) is 5.49. The number of aromatic nitrogens is 2. The topological polar surface area (TPSA) is 33.1 Å². The largest absolute Gasteiger partial charge is 0.352 e. The summed E-state index contributed by atoms with van der Waals surface area (Å²) in [5, 5.41) is 4.49. The second kappa shape index (κ2) is 8.23. The number of aryl methyl sites for hydroxylation is 1. The molecule has 0 unspecified atom stereocenters. The number of nitrogens with one attached hydrogen (secondary N) is 1. The molecule has 1 aliphatic carbocycles. The van der Waals surface area contributed by atoms with Gasteiger partial charge in [0.15, 0.2) is 5.11 Å². The predicted molar refractivity (Wildman–Crippen MR) is 125 cm³/mol. The van der Waals surface area contributed by atoms with Crippen molar-refractivity contribution in [2.24, 2.45) is 0 Å². The lowest BCUT2D eigenvalue weighted by Crippen LogP contribution is -2.40. The zero-order valence-corrected chi connectivity index (χ0v) is 18.2. The van der Waals surface area contributed by atoms with Gasteiger partial charge in [0.25, 0.3) is 0 Å². The van der Waals surface area contributed by atoms with Crippen LogP contribution in [0.3, 0.4) is 0 Å². The lowest BCUT2D eigenvalue weighted by atomic mass is 9.91. The SMILES string of the molecule is Cc1ccccc1-n1cccc1[C@@H]1[C@H](c2ccccn2)NC(=S)N1C1CCCCC1. The van der Waals surface area contributed by atoms with Crippen LogP contribution in [0.2, 0.25) is 0 Å². The lowest BCUT2D eigenvalue weighted by Gasteiger charge is -2.37. The van der Waals surface area contributed by atoms with Gasteiger partial charge in [-0.2, -0.15) is 0 Å². The van der Waals surface area contributed by atoms with Crippen molar-refractivity contribution in [3.05, 3.63) is 83.9 Å². The Morgan fingerprint density at radius 1 is 0.967 bits per heavy atom. The van der Waals surface area contributed by atoms with E-state index in [2.05, 4.69) is 76.4 Å². The van der Waals surface area contributed by atoms with E-state index in [1.54, 1.807) is 0 Å². The molecule has 0 amide bonds. The Bertz CT molecular complexity index is 1020. The van der Waals surface area contributed by atoms with Gasteiger partial charge in [-0.1, -0.05) is 43.5 Å². The monoisotopic (exact) mass is 416 g/mol. The first-order chi connectivity index (χ1) is 14.7. The molecule has 2 atom stereocenters. The first-order valence-electron chi connectivity index (χ1n) is 11.0. The highest BCUT2D eigenvalue weighted by atomic mass is 32.1. The van der Waals surface area contributed by atoms with Crippen LogP contribution in [0.25, 0.3) is 5.69 Å². The molecule has 0 bridgehead atoms. The van der Waals surface area contributed by atoms with Crippen LogP contribution in [-0.4, -0.2) is 25.6 Å². The Hall–Kier alpha value is -2.66. The molecule has 154 valence electrons. The van der Waals surface area contributed by atoms with Gasteiger partial charge >= 0.3 is 0 Å². The standard InChI is InChI=1S/C25H28N4S/c1-18-10-5-6-14-21(18)28-17-9-15-22(28)24-23(20-13-7-8-16-26-20)27-25(30)29(24)19-11-3-2-4-12-19/h5-10,13-17,19,23-24H,2-4,11-12H2,1H3,(H,27,30)/t23-,24+/m0/s1. The molecule has 3 heterocycles. The van der Waals surface area contributed by atoms with Crippen molar-refractivity contribution >= 4 is 17.3 Å². The van der Waals surface area contributed by atoms with Crippen molar-refractivity contribution in [3.8, 4) is 5.69 Å². The van der Waals surface area contributed by atoms with Crippen LogP contribution in [-0.2, 0) is 0 Å². The molecule has 2 aromatic heterocycles. The number of hydrogen-bond acceptors (Lipinski definition) is 2. The maximum atomic E-state index is 5.91. The number of para-hydroxylation sites is 1. The third kappa shape index (κ3) is 3.41. The average Bonchev–Trinajstić information content (AvgIpc) is 3.39. The molecule has 2 fully saturated rings.